The molecule has 0 aliphatic carbocycles. The average Bonchev–Trinajstić information content (AvgIpc) is 2.47. The number of hydrogen-bond donors (Lipinski definition) is 1. The lowest BCUT2D eigenvalue weighted by atomic mass is 10.2. The second-order valence-corrected chi connectivity index (χ2v) is 5.48. The lowest BCUT2D eigenvalue weighted by Gasteiger charge is -2.23. The number of benzene rings is 1. The summed E-state index contributed by atoms with van der Waals surface area (Å²) in [5.41, 5.74) is -1.07. The van der Waals surface area contributed by atoms with E-state index >= 15 is 0 Å². The maximum Gasteiger partial charge on any atom is 0.417 e. The van der Waals surface area contributed by atoms with Gasteiger partial charge in [0, 0.05) is 5.69 Å². The van der Waals surface area contributed by atoms with Gasteiger partial charge in [-0.1, -0.05) is 11.6 Å². The van der Waals surface area contributed by atoms with E-state index in [1.54, 1.807) is 6.92 Å². The number of carbonyl (C=O) groups is 2. The highest BCUT2D eigenvalue weighted by atomic mass is 35.5. The molecule has 1 aromatic carbocycles. The van der Waals surface area contributed by atoms with E-state index in [0.717, 1.165) is 12.1 Å². The highest BCUT2D eigenvalue weighted by Crippen LogP contribution is 2.36. The molecule has 0 saturated heterocycles. The summed E-state index contributed by atoms with van der Waals surface area (Å²) in [4.78, 5) is 24.9. The summed E-state index contributed by atoms with van der Waals surface area (Å²) in [5, 5.41) is 1.93. The van der Waals surface area contributed by atoms with Gasteiger partial charge in [-0.3, -0.25) is 14.5 Å². The van der Waals surface area contributed by atoms with Crippen LogP contribution in [0, 0.1) is 0 Å². The second-order valence-electron chi connectivity index (χ2n) is 5.08. The summed E-state index contributed by atoms with van der Waals surface area (Å²) in [6.45, 7) is 3.29. The number of esters is 1. The van der Waals surface area contributed by atoms with Gasteiger partial charge in [0.25, 0.3) is 0 Å². The Morgan fingerprint density at radius 3 is 2.54 bits per heavy atom. The Morgan fingerprint density at radius 1 is 1.38 bits per heavy atom. The molecule has 0 bridgehead atoms. The number of ether oxygens (including phenoxy) is 1. The number of likely N-dealkylation sites (N-methyl/N-ethyl adjacent to an activating group) is 1. The molecular weight excluding hydrogens is 349 g/mol. The molecule has 0 spiro atoms. The number of carbonyl (C=O) groups excluding carboxylic acids is 2. The normalized spacial score (nSPS) is 12.8. The number of halogens is 4. The lowest BCUT2D eigenvalue weighted by molar-refractivity contribution is -0.145. The van der Waals surface area contributed by atoms with Crippen LogP contribution in [0.4, 0.5) is 18.9 Å². The fourth-order valence-corrected chi connectivity index (χ4v) is 2.04. The van der Waals surface area contributed by atoms with Crippen LogP contribution >= 0.6 is 11.6 Å². The van der Waals surface area contributed by atoms with Crippen molar-refractivity contribution in [2.45, 2.75) is 26.1 Å². The molecule has 0 aromatic heterocycles. The molecule has 0 radical (unpaired) electrons. The predicted octanol–water partition coefficient (Wildman–Crippen LogP) is 3.18. The maximum atomic E-state index is 12.8. The number of alkyl halides is 3. The Morgan fingerprint density at radius 2 is 2.00 bits per heavy atom. The van der Waals surface area contributed by atoms with E-state index in [1.807, 2.05) is 0 Å². The van der Waals surface area contributed by atoms with Crippen molar-refractivity contribution in [3.63, 3.8) is 0 Å². The maximum absolute atomic E-state index is 12.8. The summed E-state index contributed by atoms with van der Waals surface area (Å²) < 4.78 is 43.2. The number of nitrogens with zero attached hydrogens (tertiary/aromatic N) is 1. The summed E-state index contributed by atoms with van der Waals surface area (Å²) >= 11 is 5.53. The Labute approximate surface area is 142 Å². The zero-order valence-electron chi connectivity index (χ0n) is 13.4. The molecule has 1 aromatic rings. The number of rotatable bonds is 6. The Balaban J connectivity index is 2.78. The van der Waals surface area contributed by atoms with E-state index in [-0.39, 0.29) is 18.8 Å². The van der Waals surface area contributed by atoms with Gasteiger partial charge in [-0.15, -0.1) is 0 Å². The Hall–Kier alpha value is -1.80. The van der Waals surface area contributed by atoms with Gasteiger partial charge in [0.05, 0.1) is 29.8 Å². The minimum atomic E-state index is -4.62. The van der Waals surface area contributed by atoms with Crippen LogP contribution in [-0.4, -0.2) is 43.0 Å². The highest BCUT2D eigenvalue weighted by molar-refractivity contribution is 6.31. The van der Waals surface area contributed by atoms with E-state index < -0.39 is 34.7 Å². The molecule has 0 aliphatic heterocycles. The minimum Gasteiger partial charge on any atom is -0.465 e. The van der Waals surface area contributed by atoms with Crippen molar-refractivity contribution in [1.29, 1.82) is 0 Å². The van der Waals surface area contributed by atoms with Crippen LogP contribution in [0.2, 0.25) is 5.02 Å². The highest BCUT2D eigenvalue weighted by Gasteiger charge is 2.33. The van der Waals surface area contributed by atoms with Crippen molar-refractivity contribution in [2.24, 2.45) is 0 Å². The standard InChI is InChI=1S/C15H18ClF3N2O3/c1-4-24-13(22)8-21(3)9(2)14(23)20-10-5-6-12(16)11(7-10)15(17,18)19/h5-7,9H,4,8H2,1-3H3,(H,20,23). The first-order valence-corrected chi connectivity index (χ1v) is 7.47. The van der Waals surface area contributed by atoms with Crippen molar-refractivity contribution < 1.29 is 27.5 Å². The summed E-state index contributed by atoms with van der Waals surface area (Å²) in [7, 11) is 1.53. The number of nitrogens with one attached hydrogen (secondary N) is 1. The third kappa shape index (κ3) is 5.68. The number of amides is 1. The first-order chi connectivity index (χ1) is 11.1. The molecule has 9 heteroatoms. The first-order valence-electron chi connectivity index (χ1n) is 7.09. The molecule has 5 nitrogen and oxygen atoms in total. The largest absolute Gasteiger partial charge is 0.465 e. The molecular formula is C15H18ClF3N2O3. The van der Waals surface area contributed by atoms with Gasteiger partial charge in [-0.05, 0) is 39.1 Å². The monoisotopic (exact) mass is 366 g/mol. The molecule has 1 atom stereocenters. The predicted molar refractivity (Wildman–Crippen MR) is 83.8 cm³/mol. The molecule has 0 heterocycles. The third-order valence-corrected chi connectivity index (χ3v) is 3.59. The minimum absolute atomic E-state index is 0.0342. The van der Waals surface area contributed by atoms with Crippen molar-refractivity contribution in [3.8, 4) is 0 Å². The summed E-state index contributed by atoms with van der Waals surface area (Å²) in [6, 6.07) is 2.35. The van der Waals surface area contributed by atoms with E-state index in [1.165, 1.54) is 24.9 Å². The van der Waals surface area contributed by atoms with Crippen molar-refractivity contribution in [3.05, 3.63) is 28.8 Å². The molecule has 0 fully saturated rings. The smallest absolute Gasteiger partial charge is 0.417 e. The molecule has 1 amide bonds. The summed E-state index contributed by atoms with van der Waals surface area (Å²) in [5.74, 6) is -1.05. The molecule has 1 rings (SSSR count). The van der Waals surface area contributed by atoms with Crippen LogP contribution in [-0.2, 0) is 20.5 Å². The van der Waals surface area contributed by atoms with Gasteiger partial charge in [-0.25, -0.2) is 0 Å². The van der Waals surface area contributed by atoms with Gasteiger partial charge in [0.1, 0.15) is 0 Å². The van der Waals surface area contributed by atoms with Crippen molar-refractivity contribution >= 4 is 29.2 Å². The van der Waals surface area contributed by atoms with Gasteiger partial charge < -0.3 is 10.1 Å². The lowest BCUT2D eigenvalue weighted by Crippen LogP contribution is -2.42. The van der Waals surface area contributed by atoms with Crippen LogP contribution < -0.4 is 5.32 Å². The van der Waals surface area contributed by atoms with Crippen molar-refractivity contribution in [1.82, 2.24) is 4.90 Å². The number of hydrogen-bond acceptors (Lipinski definition) is 4. The quantitative estimate of drug-likeness (QED) is 0.786. The van der Waals surface area contributed by atoms with Crippen LogP contribution in [0.5, 0.6) is 0 Å². The second kappa shape index (κ2) is 8.34. The van der Waals surface area contributed by atoms with E-state index in [4.69, 9.17) is 16.3 Å². The fourth-order valence-electron chi connectivity index (χ4n) is 1.81. The Kier molecular flexibility index (Phi) is 7.04. The average molecular weight is 367 g/mol. The van der Waals surface area contributed by atoms with E-state index in [2.05, 4.69) is 5.32 Å². The zero-order chi connectivity index (χ0) is 18.5. The SMILES string of the molecule is CCOC(=O)CN(C)C(C)C(=O)Nc1ccc(Cl)c(C(F)(F)F)c1. The van der Waals surface area contributed by atoms with E-state index in [0.29, 0.717) is 0 Å². The van der Waals surface area contributed by atoms with Crippen LogP contribution in [0.1, 0.15) is 19.4 Å². The van der Waals surface area contributed by atoms with E-state index in [9.17, 15) is 22.8 Å². The van der Waals surface area contributed by atoms with Gasteiger partial charge in [0.2, 0.25) is 5.91 Å². The van der Waals surface area contributed by atoms with Crippen LogP contribution in [0.3, 0.4) is 0 Å². The Bertz CT molecular complexity index is 608. The van der Waals surface area contributed by atoms with Gasteiger partial charge >= 0.3 is 12.1 Å². The molecule has 0 saturated carbocycles. The van der Waals surface area contributed by atoms with Crippen LogP contribution in [0.25, 0.3) is 0 Å². The molecule has 0 aliphatic rings. The molecule has 24 heavy (non-hydrogen) atoms. The summed E-state index contributed by atoms with van der Waals surface area (Å²) in [6.07, 6.45) is -4.62. The zero-order valence-corrected chi connectivity index (χ0v) is 14.2. The third-order valence-electron chi connectivity index (χ3n) is 3.26. The van der Waals surface area contributed by atoms with Gasteiger partial charge in [-0.2, -0.15) is 13.2 Å². The van der Waals surface area contributed by atoms with Crippen LogP contribution in [0.15, 0.2) is 18.2 Å². The van der Waals surface area contributed by atoms with Gasteiger partial charge in [0.15, 0.2) is 0 Å². The topological polar surface area (TPSA) is 58.6 Å². The molecule has 134 valence electrons. The fraction of sp³-hybridized carbons (Fsp3) is 0.467. The van der Waals surface area contributed by atoms with Crippen molar-refractivity contribution in [2.75, 3.05) is 25.5 Å². The number of anilines is 1. The first kappa shape index (κ1) is 20.2. The molecule has 1 unspecified atom stereocenters. The molecule has 1 N–H and O–H groups in total.